The van der Waals surface area contributed by atoms with Crippen LogP contribution in [-0.2, 0) is 11.3 Å². The van der Waals surface area contributed by atoms with E-state index in [-0.39, 0.29) is 41.3 Å². The van der Waals surface area contributed by atoms with Crippen LogP contribution in [0.4, 0.5) is 22.7 Å². The van der Waals surface area contributed by atoms with Crippen LogP contribution in [-0.4, -0.2) is 37.9 Å². The number of nitrogens with two attached hydrogens (primary N) is 2. The summed E-state index contributed by atoms with van der Waals surface area (Å²) in [7, 11) is 0. The quantitative estimate of drug-likeness (QED) is 0.330. The minimum Gasteiger partial charge on any atom is -0.401 e. The van der Waals surface area contributed by atoms with Crippen LogP contribution in [0.25, 0.3) is 27.0 Å². The number of ether oxygens (including phenoxy) is 1. The number of pyridine rings is 1. The number of anilines is 1. The Morgan fingerprint density at radius 3 is 2.67 bits per heavy atom. The normalized spacial score (nSPS) is 12.6. The Morgan fingerprint density at radius 1 is 1.24 bits per heavy atom. The number of thiazole rings is 1. The first-order valence-corrected chi connectivity index (χ1v) is 10.00. The molecule has 0 fully saturated rings. The van der Waals surface area contributed by atoms with Crippen LogP contribution in [0.2, 0.25) is 0 Å². The molecule has 14 heteroatoms. The van der Waals surface area contributed by atoms with E-state index in [0.717, 1.165) is 9.38 Å². The summed E-state index contributed by atoms with van der Waals surface area (Å²) in [5, 5.41) is 4.26. The SMILES string of the molecule is NC/C(=C\F)Cn1nc2ccc(-c3ccc4sc(N)nc4c3)c(OC(=O)C(F)(F)F)n2c1=O. The van der Waals surface area contributed by atoms with Gasteiger partial charge in [0.05, 0.1) is 23.1 Å². The first-order chi connectivity index (χ1) is 15.6. The molecule has 0 radical (unpaired) electrons. The second-order valence-corrected chi connectivity index (χ2v) is 7.84. The fourth-order valence-electron chi connectivity index (χ4n) is 3.09. The number of carbonyl (C=O) groups excluding carboxylic acids is 1. The van der Waals surface area contributed by atoms with Crippen LogP contribution in [0.15, 0.2) is 47.0 Å². The Bertz CT molecular complexity index is 1470. The number of esters is 1. The molecule has 1 aromatic carbocycles. The third-order valence-corrected chi connectivity index (χ3v) is 5.47. The van der Waals surface area contributed by atoms with E-state index in [2.05, 4.69) is 14.8 Å². The van der Waals surface area contributed by atoms with Crippen molar-refractivity contribution in [3.8, 4) is 17.0 Å². The molecule has 0 spiro atoms. The van der Waals surface area contributed by atoms with E-state index in [0.29, 0.717) is 15.5 Å². The lowest BCUT2D eigenvalue weighted by Gasteiger charge is -2.12. The molecule has 0 aliphatic carbocycles. The van der Waals surface area contributed by atoms with E-state index < -0.39 is 23.7 Å². The summed E-state index contributed by atoms with van der Waals surface area (Å²) in [5.74, 6) is -3.23. The van der Waals surface area contributed by atoms with Crippen molar-refractivity contribution in [2.45, 2.75) is 12.7 Å². The van der Waals surface area contributed by atoms with Crippen molar-refractivity contribution < 1.29 is 27.1 Å². The van der Waals surface area contributed by atoms with Crippen molar-refractivity contribution in [2.24, 2.45) is 5.73 Å². The van der Waals surface area contributed by atoms with Crippen molar-refractivity contribution in [3.63, 3.8) is 0 Å². The Hall–Kier alpha value is -3.78. The Labute approximate surface area is 185 Å². The predicted molar refractivity (Wildman–Crippen MR) is 112 cm³/mol. The topological polar surface area (TPSA) is 131 Å². The number of fused-ring (bicyclic) bond motifs is 2. The largest absolute Gasteiger partial charge is 0.491 e. The molecule has 4 N–H and O–H groups in total. The molecular formula is C19H14F4N6O3S. The molecule has 33 heavy (non-hydrogen) atoms. The van der Waals surface area contributed by atoms with Crippen molar-refractivity contribution >= 4 is 38.3 Å². The van der Waals surface area contributed by atoms with Gasteiger partial charge < -0.3 is 16.2 Å². The van der Waals surface area contributed by atoms with E-state index in [9.17, 15) is 27.2 Å². The summed E-state index contributed by atoms with van der Waals surface area (Å²) < 4.78 is 58.7. The van der Waals surface area contributed by atoms with Crippen molar-refractivity contribution in [1.82, 2.24) is 19.2 Å². The number of nitrogen functional groups attached to an aromatic ring is 1. The third kappa shape index (κ3) is 4.17. The molecule has 0 bridgehead atoms. The second-order valence-electron chi connectivity index (χ2n) is 6.78. The number of rotatable bonds is 5. The second kappa shape index (κ2) is 8.29. The van der Waals surface area contributed by atoms with Crippen LogP contribution in [0.5, 0.6) is 5.88 Å². The zero-order chi connectivity index (χ0) is 23.9. The number of benzene rings is 1. The number of carbonyl (C=O) groups is 1. The van der Waals surface area contributed by atoms with E-state index >= 15 is 0 Å². The number of hydrogen-bond acceptors (Lipinski definition) is 8. The van der Waals surface area contributed by atoms with Gasteiger partial charge in [-0.2, -0.15) is 13.2 Å². The minimum atomic E-state index is -5.32. The average molecular weight is 482 g/mol. The summed E-state index contributed by atoms with van der Waals surface area (Å²) in [6.45, 7) is -0.561. The van der Waals surface area contributed by atoms with Crippen LogP contribution in [0.3, 0.4) is 0 Å². The summed E-state index contributed by atoms with van der Waals surface area (Å²) in [6, 6.07) is 7.42. The van der Waals surface area contributed by atoms with E-state index in [4.69, 9.17) is 11.5 Å². The molecule has 4 rings (SSSR count). The minimum absolute atomic E-state index is 0.00435. The van der Waals surface area contributed by atoms with Gasteiger partial charge in [0.1, 0.15) is 0 Å². The highest BCUT2D eigenvalue weighted by Crippen LogP contribution is 2.35. The maximum absolute atomic E-state index is 13.0. The fraction of sp³-hybridized carbons (Fsp3) is 0.158. The third-order valence-electron chi connectivity index (χ3n) is 4.60. The number of halogens is 4. The number of nitrogens with zero attached hydrogens (tertiary/aromatic N) is 4. The van der Waals surface area contributed by atoms with Crippen LogP contribution in [0.1, 0.15) is 0 Å². The highest BCUT2D eigenvalue weighted by molar-refractivity contribution is 7.22. The molecule has 0 saturated heterocycles. The van der Waals surface area contributed by atoms with E-state index in [1.807, 2.05) is 0 Å². The van der Waals surface area contributed by atoms with Crippen LogP contribution < -0.4 is 21.9 Å². The molecule has 0 atom stereocenters. The number of hydrogen-bond donors (Lipinski definition) is 2. The maximum atomic E-state index is 13.0. The van der Waals surface area contributed by atoms with Gasteiger partial charge in [-0.25, -0.2) is 28.0 Å². The monoisotopic (exact) mass is 482 g/mol. The standard InChI is InChI=1S/C19H14F4N6O3S/c20-6-9(7-24)8-28-18(31)29-14(27-28)4-2-11(15(29)32-16(30)19(21,22)23)10-1-3-13-12(5-10)26-17(25)33-13/h1-6H,7-8,24H2,(H2,25,26)/b9-6+. The molecule has 9 nitrogen and oxygen atoms in total. The first-order valence-electron chi connectivity index (χ1n) is 9.18. The van der Waals surface area contributed by atoms with Gasteiger partial charge in [0.25, 0.3) is 0 Å². The van der Waals surface area contributed by atoms with E-state index in [1.54, 1.807) is 12.1 Å². The lowest BCUT2D eigenvalue weighted by molar-refractivity contribution is -0.190. The van der Waals surface area contributed by atoms with Gasteiger partial charge in [-0.15, -0.1) is 5.10 Å². The Morgan fingerprint density at radius 2 is 2.00 bits per heavy atom. The lowest BCUT2D eigenvalue weighted by atomic mass is 10.1. The highest BCUT2D eigenvalue weighted by atomic mass is 32.1. The molecule has 0 aliphatic heterocycles. The Kier molecular flexibility index (Phi) is 5.63. The zero-order valence-electron chi connectivity index (χ0n) is 16.5. The average Bonchev–Trinajstić information content (AvgIpc) is 3.29. The van der Waals surface area contributed by atoms with Crippen LogP contribution >= 0.6 is 11.3 Å². The maximum Gasteiger partial charge on any atom is 0.491 e. The summed E-state index contributed by atoms with van der Waals surface area (Å²) in [5.41, 5.74) is 10.8. The predicted octanol–water partition coefficient (Wildman–Crippen LogP) is 2.63. The Balaban J connectivity index is 1.95. The fourth-order valence-corrected chi connectivity index (χ4v) is 3.81. The molecular weight excluding hydrogens is 468 g/mol. The molecule has 3 aromatic heterocycles. The molecule has 3 heterocycles. The van der Waals surface area contributed by atoms with Gasteiger partial charge in [-0.05, 0) is 35.4 Å². The van der Waals surface area contributed by atoms with Gasteiger partial charge in [-0.3, -0.25) is 0 Å². The first kappa shape index (κ1) is 22.4. The summed E-state index contributed by atoms with van der Waals surface area (Å²) >= 11 is 1.21. The number of alkyl halides is 3. The molecule has 0 amide bonds. The summed E-state index contributed by atoms with van der Waals surface area (Å²) in [6.07, 6.45) is -5.11. The van der Waals surface area contributed by atoms with Crippen molar-refractivity contribution in [3.05, 3.63) is 52.7 Å². The summed E-state index contributed by atoms with van der Waals surface area (Å²) in [4.78, 5) is 28.7. The van der Waals surface area contributed by atoms with Gasteiger partial charge >= 0.3 is 17.8 Å². The van der Waals surface area contributed by atoms with Gasteiger partial charge in [0.2, 0.25) is 5.88 Å². The number of aromatic nitrogens is 4. The van der Waals surface area contributed by atoms with Crippen LogP contribution in [0, 0.1) is 0 Å². The zero-order valence-corrected chi connectivity index (χ0v) is 17.3. The molecule has 0 aliphatic rings. The van der Waals surface area contributed by atoms with E-state index in [1.165, 1.54) is 29.5 Å². The van der Waals surface area contributed by atoms with Crippen molar-refractivity contribution in [2.75, 3.05) is 12.3 Å². The molecule has 172 valence electrons. The highest BCUT2D eigenvalue weighted by Gasteiger charge is 2.42. The smallest absolute Gasteiger partial charge is 0.401 e. The van der Waals surface area contributed by atoms with Gasteiger partial charge in [0.15, 0.2) is 10.8 Å². The van der Waals surface area contributed by atoms with Crippen molar-refractivity contribution in [1.29, 1.82) is 0 Å². The molecule has 0 saturated carbocycles. The van der Waals surface area contributed by atoms with Gasteiger partial charge in [-0.1, -0.05) is 17.4 Å². The molecule has 4 aromatic rings. The molecule has 0 unspecified atom stereocenters. The lowest BCUT2D eigenvalue weighted by Crippen LogP contribution is -2.30. The van der Waals surface area contributed by atoms with Gasteiger partial charge in [0, 0.05) is 12.1 Å².